The number of hydrazine groups is 1. The predicted molar refractivity (Wildman–Crippen MR) is 64.5 cm³/mol. The number of methoxy groups -OCH3 is 1. The number of ether oxygens (including phenoxy) is 1. The smallest absolute Gasteiger partial charge is 0.205 e. The van der Waals surface area contributed by atoms with Crippen LogP contribution >= 0.6 is 0 Å². The van der Waals surface area contributed by atoms with Gasteiger partial charge in [-0.05, 0) is 5.92 Å². The highest BCUT2D eigenvalue weighted by Crippen LogP contribution is 2.30. The van der Waals surface area contributed by atoms with Crippen LogP contribution in [0, 0.1) is 5.92 Å². The molecule has 0 fully saturated rings. The van der Waals surface area contributed by atoms with Crippen LogP contribution in [0.4, 0.5) is 11.6 Å². The van der Waals surface area contributed by atoms with E-state index in [9.17, 15) is 0 Å². The monoisotopic (exact) mass is 225 g/mol. The highest BCUT2D eigenvalue weighted by molar-refractivity contribution is 5.63. The molecule has 0 bridgehead atoms. The minimum Gasteiger partial charge on any atom is -0.490 e. The summed E-state index contributed by atoms with van der Waals surface area (Å²) in [7, 11) is 3.54. The number of nitrogens with zero attached hydrogens (tertiary/aromatic N) is 3. The summed E-state index contributed by atoms with van der Waals surface area (Å²) in [5.74, 6) is 7.69. The molecule has 3 N–H and O–H groups in total. The van der Waals surface area contributed by atoms with Gasteiger partial charge in [-0.3, -0.25) is 0 Å². The summed E-state index contributed by atoms with van der Waals surface area (Å²) in [6, 6.07) is 0. The number of nitrogens with one attached hydrogen (secondary N) is 1. The van der Waals surface area contributed by atoms with E-state index in [4.69, 9.17) is 10.6 Å². The van der Waals surface area contributed by atoms with Gasteiger partial charge in [0, 0.05) is 13.6 Å². The fraction of sp³-hybridized carbons (Fsp3) is 0.600. The lowest BCUT2D eigenvalue weighted by molar-refractivity contribution is 0.412. The van der Waals surface area contributed by atoms with Gasteiger partial charge < -0.3 is 15.1 Å². The minimum atomic E-state index is 0.489. The van der Waals surface area contributed by atoms with Gasteiger partial charge in [0.15, 0.2) is 11.6 Å². The molecule has 90 valence electrons. The van der Waals surface area contributed by atoms with Crippen LogP contribution in [-0.4, -0.2) is 30.7 Å². The first-order valence-corrected chi connectivity index (χ1v) is 5.16. The van der Waals surface area contributed by atoms with Crippen molar-refractivity contribution in [2.24, 2.45) is 11.8 Å². The number of anilines is 2. The van der Waals surface area contributed by atoms with Crippen molar-refractivity contribution in [1.82, 2.24) is 9.97 Å². The molecule has 0 unspecified atom stereocenters. The SMILES string of the molecule is COc1c(NN)ncnc1N(C)CC(C)C. The van der Waals surface area contributed by atoms with E-state index in [1.54, 1.807) is 7.11 Å². The second-order valence-electron chi connectivity index (χ2n) is 4.00. The van der Waals surface area contributed by atoms with Crippen molar-refractivity contribution in [3.05, 3.63) is 6.33 Å². The number of nitrogens with two attached hydrogens (primary N) is 1. The summed E-state index contributed by atoms with van der Waals surface area (Å²) in [5.41, 5.74) is 2.49. The van der Waals surface area contributed by atoms with Crippen LogP contribution in [0.5, 0.6) is 5.75 Å². The van der Waals surface area contributed by atoms with Crippen molar-refractivity contribution < 1.29 is 4.74 Å². The van der Waals surface area contributed by atoms with Gasteiger partial charge in [-0.15, -0.1) is 0 Å². The first-order chi connectivity index (χ1) is 7.60. The van der Waals surface area contributed by atoms with Crippen LogP contribution < -0.4 is 20.9 Å². The summed E-state index contributed by atoms with van der Waals surface area (Å²) >= 11 is 0. The quantitative estimate of drug-likeness (QED) is 0.572. The Morgan fingerprint density at radius 3 is 2.69 bits per heavy atom. The normalized spacial score (nSPS) is 10.4. The molecular weight excluding hydrogens is 206 g/mol. The molecule has 0 amide bonds. The molecule has 1 heterocycles. The topological polar surface area (TPSA) is 76.3 Å². The van der Waals surface area contributed by atoms with Gasteiger partial charge in [-0.2, -0.15) is 0 Å². The Hall–Kier alpha value is -1.56. The van der Waals surface area contributed by atoms with Crippen molar-refractivity contribution in [1.29, 1.82) is 0 Å². The third-order valence-corrected chi connectivity index (χ3v) is 2.13. The van der Waals surface area contributed by atoms with Gasteiger partial charge in [0.05, 0.1) is 7.11 Å². The lowest BCUT2D eigenvalue weighted by atomic mass is 10.2. The molecule has 0 atom stereocenters. The van der Waals surface area contributed by atoms with Gasteiger partial charge in [0.1, 0.15) is 6.33 Å². The zero-order valence-electron chi connectivity index (χ0n) is 10.2. The molecule has 1 aromatic rings. The van der Waals surface area contributed by atoms with E-state index in [-0.39, 0.29) is 0 Å². The second kappa shape index (κ2) is 5.50. The Bertz CT molecular complexity index is 342. The first-order valence-electron chi connectivity index (χ1n) is 5.16. The average Bonchev–Trinajstić information content (AvgIpc) is 2.26. The maximum Gasteiger partial charge on any atom is 0.205 e. The van der Waals surface area contributed by atoms with Crippen LogP contribution in [0.15, 0.2) is 6.33 Å². The highest BCUT2D eigenvalue weighted by atomic mass is 16.5. The summed E-state index contributed by atoms with van der Waals surface area (Å²) in [4.78, 5) is 10.2. The van der Waals surface area contributed by atoms with Crippen molar-refractivity contribution in [2.75, 3.05) is 31.0 Å². The molecule has 0 saturated carbocycles. The Morgan fingerprint density at radius 1 is 1.50 bits per heavy atom. The molecule has 1 aromatic heterocycles. The van der Waals surface area contributed by atoms with Crippen LogP contribution in [0.2, 0.25) is 0 Å². The van der Waals surface area contributed by atoms with E-state index < -0.39 is 0 Å². The number of nitrogen functional groups attached to an aromatic ring is 1. The maximum absolute atomic E-state index is 5.36. The average molecular weight is 225 g/mol. The van der Waals surface area contributed by atoms with Gasteiger partial charge in [-0.25, -0.2) is 15.8 Å². The van der Waals surface area contributed by atoms with E-state index in [0.717, 1.165) is 12.4 Å². The second-order valence-corrected chi connectivity index (χ2v) is 4.00. The molecule has 0 aromatic carbocycles. The summed E-state index contributed by atoms with van der Waals surface area (Å²) < 4.78 is 5.26. The predicted octanol–water partition coefficient (Wildman–Crippen LogP) is 0.863. The van der Waals surface area contributed by atoms with E-state index >= 15 is 0 Å². The van der Waals surface area contributed by atoms with E-state index in [2.05, 4.69) is 29.2 Å². The molecule has 1 rings (SSSR count). The standard InChI is InChI=1S/C10H19N5O/c1-7(2)5-15(3)10-8(16-4)9(14-11)12-6-13-10/h6-7H,5,11H2,1-4H3,(H,12,13,14). The molecule has 6 heteroatoms. The van der Waals surface area contributed by atoms with Crippen molar-refractivity contribution in [2.45, 2.75) is 13.8 Å². The Labute approximate surface area is 95.8 Å². The number of rotatable bonds is 5. The Morgan fingerprint density at radius 2 is 2.19 bits per heavy atom. The zero-order chi connectivity index (χ0) is 12.1. The van der Waals surface area contributed by atoms with Crippen molar-refractivity contribution in [3.8, 4) is 5.75 Å². The summed E-state index contributed by atoms with van der Waals surface area (Å²) in [5, 5.41) is 0. The van der Waals surface area contributed by atoms with E-state index in [1.807, 2.05) is 11.9 Å². The van der Waals surface area contributed by atoms with Crippen molar-refractivity contribution >= 4 is 11.6 Å². The molecule has 0 radical (unpaired) electrons. The van der Waals surface area contributed by atoms with Gasteiger partial charge in [0.25, 0.3) is 0 Å². The molecule has 0 saturated heterocycles. The molecule has 0 aliphatic rings. The first kappa shape index (κ1) is 12.5. The van der Waals surface area contributed by atoms with Crippen LogP contribution in [0.1, 0.15) is 13.8 Å². The van der Waals surface area contributed by atoms with E-state index in [0.29, 0.717) is 17.5 Å². The van der Waals surface area contributed by atoms with Gasteiger partial charge in [-0.1, -0.05) is 13.8 Å². The minimum absolute atomic E-state index is 0.489. The lowest BCUT2D eigenvalue weighted by Crippen LogP contribution is -2.24. The van der Waals surface area contributed by atoms with Gasteiger partial charge in [0.2, 0.25) is 5.75 Å². The molecule has 0 aliphatic heterocycles. The fourth-order valence-corrected chi connectivity index (χ4v) is 1.56. The number of hydrogen-bond acceptors (Lipinski definition) is 6. The molecule has 16 heavy (non-hydrogen) atoms. The van der Waals surface area contributed by atoms with Crippen LogP contribution in [0.3, 0.4) is 0 Å². The third kappa shape index (κ3) is 2.73. The maximum atomic E-state index is 5.36. The van der Waals surface area contributed by atoms with Crippen molar-refractivity contribution in [3.63, 3.8) is 0 Å². The Kier molecular flexibility index (Phi) is 4.30. The van der Waals surface area contributed by atoms with Gasteiger partial charge >= 0.3 is 0 Å². The zero-order valence-corrected chi connectivity index (χ0v) is 10.2. The molecule has 0 spiro atoms. The Balaban J connectivity index is 3.02. The third-order valence-electron chi connectivity index (χ3n) is 2.13. The molecular formula is C10H19N5O. The largest absolute Gasteiger partial charge is 0.490 e. The number of aromatic nitrogens is 2. The van der Waals surface area contributed by atoms with Crippen LogP contribution in [-0.2, 0) is 0 Å². The lowest BCUT2D eigenvalue weighted by Gasteiger charge is -2.22. The van der Waals surface area contributed by atoms with E-state index in [1.165, 1.54) is 6.33 Å². The fourth-order valence-electron chi connectivity index (χ4n) is 1.56. The van der Waals surface area contributed by atoms with Crippen LogP contribution in [0.25, 0.3) is 0 Å². The highest BCUT2D eigenvalue weighted by Gasteiger charge is 2.15. The molecule has 6 nitrogen and oxygen atoms in total. The number of hydrogen-bond donors (Lipinski definition) is 2. The summed E-state index contributed by atoms with van der Waals surface area (Å²) in [6.45, 7) is 5.18. The molecule has 0 aliphatic carbocycles. The summed E-state index contributed by atoms with van der Waals surface area (Å²) in [6.07, 6.45) is 1.46.